The fourth-order valence-electron chi connectivity index (χ4n) is 3.74. The van der Waals surface area contributed by atoms with E-state index in [-0.39, 0.29) is 5.91 Å². The number of β-amino-alcohol motifs (C(OH)–C–C–N with tert-alkyl or cyclic N) is 1. The molecule has 1 fully saturated rings. The average Bonchev–Trinajstić information content (AvgIpc) is 3.37. The van der Waals surface area contributed by atoms with Crippen LogP contribution in [0.5, 0.6) is 0 Å². The molecule has 0 spiro atoms. The lowest BCUT2D eigenvalue weighted by Crippen LogP contribution is -2.31. The smallest absolute Gasteiger partial charge is 0.270 e. The van der Waals surface area contributed by atoms with E-state index in [2.05, 4.69) is 15.2 Å². The number of benzene rings is 1. The molecule has 2 aromatic heterocycles. The zero-order valence-electron chi connectivity index (χ0n) is 15.8. The molecule has 2 N–H and O–H groups in total. The molecule has 0 aliphatic carbocycles. The molecular weight excluding hydrogens is 354 g/mol. The number of carbonyl (C=O) groups excluding carboxylic acids is 1. The summed E-state index contributed by atoms with van der Waals surface area (Å²) in [5.41, 5.74) is 2.37. The topological polar surface area (TPSA) is 78.6 Å². The van der Waals surface area contributed by atoms with Crippen molar-refractivity contribution in [2.75, 3.05) is 18.0 Å². The van der Waals surface area contributed by atoms with Crippen LogP contribution in [0.15, 0.2) is 65.4 Å². The molecule has 4 rings (SSSR count). The minimum absolute atomic E-state index is 0.258. The van der Waals surface area contributed by atoms with E-state index in [1.54, 1.807) is 30.7 Å². The lowest BCUT2D eigenvalue weighted by molar-refractivity contribution is 0.0600. The number of rotatable bonds is 5. The van der Waals surface area contributed by atoms with Crippen LogP contribution in [0, 0.1) is 6.92 Å². The molecule has 1 aromatic carbocycles. The third kappa shape index (κ3) is 3.64. The Balaban J connectivity index is 1.47. The highest BCUT2D eigenvalue weighted by Crippen LogP contribution is 2.36. The Kier molecular flexibility index (Phi) is 4.88. The number of nitrogens with one attached hydrogen (secondary N) is 1. The number of aryl methyl sites for hydroxylation is 1. The summed E-state index contributed by atoms with van der Waals surface area (Å²) < 4.78 is 5.23. The van der Waals surface area contributed by atoms with Crippen molar-refractivity contribution in [2.45, 2.75) is 25.5 Å². The summed E-state index contributed by atoms with van der Waals surface area (Å²) in [5.74, 6) is 0.430. The first-order valence-electron chi connectivity index (χ1n) is 9.35. The SMILES string of the molecule is Cc1ccccc1[C@@]1(O)CCN(c2ccnc(C(=O)NCc3ccco3)c2)C1. The summed E-state index contributed by atoms with van der Waals surface area (Å²) >= 11 is 0. The van der Waals surface area contributed by atoms with E-state index in [9.17, 15) is 9.90 Å². The predicted molar refractivity (Wildman–Crippen MR) is 106 cm³/mol. The molecule has 0 unspecified atom stereocenters. The fourth-order valence-corrected chi connectivity index (χ4v) is 3.74. The molecule has 1 atom stereocenters. The first-order chi connectivity index (χ1) is 13.5. The van der Waals surface area contributed by atoms with Gasteiger partial charge in [-0.05, 0) is 48.7 Å². The van der Waals surface area contributed by atoms with E-state index >= 15 is 0 Å². The van der Waals surface area contributed by atoms with Gasteiger partial charge in [-0.2, -0.15) is 0 Å². The third-order valence-electron chi connectivity index (χ3n) is 5.24. The minimum Gasteiger partial charge on any atom is -0.467 e. The van der Waals surface area contributed by atoms with Crippen LogP contribution in [0.3, 0.4) is 0 Å². The number of amides is 1. The Bertz CT molecular complexity index is 971. The van der Waals surface area contributed by atoms with Gasteiger partial charge in [0, 0.05) is 18.4 Å². The quantitative estimate of drug-likeness (QED) is 0.715. The highest BCUT2D eigenvalue weighted by molar-refractivity contribution is 5.93. The van der Waals surface area contributed by atoms with Crippen molar-refractivity contribution in [2.24, 2.45) is 0 Å². The van der Waals surface area contributed by atoms with Gasteiger partial charge in [0.1, 0.15) is 17.1 Å². The largest absolute Gasteiger partial charge is 0.467 e. The molecule has 0 bridgehead atoms. The third-order valence-corrected chi connectivity index (χ3v) is 5.24. The van der Waals surface area contributed by atoms with Crippen molar-refractivity contribution in [3.8, 4) is 0 Å². The summed E-state index contributed by atoms with van der Waals surface area (Å²) in [4.78, 5) is 18.7. The molecule has 0 saturated carbocycles. The van der Waals surface area contributed by atoms with Crippen molar-refractivity contribution in [3.05, 3.63) is 83.6 Å². The summed E-state index contributed by atoms with van der Waals surface area (Å²) in [6.45, 7) is 3.52. The normalized spacial score (nSPS) is 19.0. The van der Waals surface area contributed by atoms with Gasteiger partial charge >= 0.3 is 0 Å². The molecule has 0 radical (unpaired) electrons. The minimum atomic E-state index is -0.893. The van der Waals surface area contributed by atoms with E-state index in [0.717, 1.165) is 16.8 Å². The van der Waals surface area contributed by atoms with Gasteiger partial charge in [0.05, 0.1) is 19.4 Å². The van der Waals surface area contributed by atoms with Crippen molar-refractivity contribution in [1.82, 2.24) is 10.3 Å². The zero-order valence-corrected chi connectivity index (χ0v) is 15.8. The van der Waals surface area contributed by atoms with Gasteiger partial charge in [-0.25, -0.2) is 0 Å². The van der Waals surface area contributed by atoms with Crippen molar-refractivity contribution < 1.29 is 14.3 Å². The van der Waals surface area contributed by atoms with Gasteiger partial charge in [-0.15, -0.1) is 0 Å². The highest BCUT2D eigenvalue weighted by atomic mass is 16.3. The first kappa shape index (κ1) is 18.3. The van der Waals surface area contributed by atoms with Gasteiger partial charge in [-0.3, -0.25) is 9.78 Å². The summed E-state index contributed by atoms with van der Waals surface area (Å²) in [7, 11) is 0. The molecule has 144 valence electrons. The maximum absolute atomic E-state index is 12.4. The van der Waals surface area contributed by atoms with E-state index in [1.807, 2.05) is 37.3 Å². The summed E-state index contributed by atoms with van der Waals surface area (Å²) in [6.07, 6.45) is 3.84. The predicted octanol–water partition coefficient (Wildman–Crippen LogP) is 3.01. The number of aliphatic hydroxyl groups is 1. The van der Waals surface area contributed by atoms with Crippen LogP contribution in [0.25, 0.3) is 0 Å². The van der Waals surface area contributed by atoms with Crippen molar-refractivity contribution in [3.63, 3.8) is 0 Å². The first-order valence-corrected chi connectivity index (χ1v) is 9.35. The Hall–Kier alpha value is -3.12. The van der Waals surface area contributed by atoms with Crippen LogP contribution in [0.2, 0.25) is 0 Å². The van der Waals surface area contributed by atoms with Crippen LogP contribution < -0.4 is 10.2 Å². The van der Waals surface area contributed by atoms with Crippen LogP contribution >= 0.6 is 0 Å². The Labute approximate surface area is 163 Å². The molecule has 6 heteroatoms. The average molecular weight is 377 g/mol. The van der Waals surface area contributed by atoms with Gasteiger partial charge in [0.15, 0.2) is 0 Å². The van der Waals surface area contributed by atoms with E-state index in [0.29, 0.717) is 37.5 Å². The van der Waals surface area contributed by atoms with Crippen LogP contribution in [0.1, 0.15) is 33.8 Å². The molecule has 1 saturated heterocycles. The zero-order chi connectivity index (χ0) is 19.6. The van der Waals surface area contributed by atoms with Crippen LogP contribution in [-0.4, -0.2) is 29.1 Å². The molecule has 1 aliphatic heterocycles. The number of pyridine rings is 1. The maximum Gasteiger partial charge on any atom is 0.270 e. The molecule has 3 heterocycles. The number of hydrogen-bond acceptors (Lipinski definition) is 5. The number of nitrogens with zero attached hydrogens (tertiary/aromatic N) is 2. The van der Waals surface area contributed by atoms with Crippen molar-refractivity contribution in [1.29, 1.82) is 0 Å². The lowest BCUT2D eigenvalue weighted by atomic mass is 9.89. The number of furan rings is 1. The lowest BCUT2D eigenvalue weighted by Gasteiger charge is -2.26. The number of anilines is 1. The fraction of sp³-hybridized carbons (Fsp3) is 0.273. The van der Waals surface area contributed by atoms with Gasteiger partial charge in [-0.1, -0.05) is 24.3 Å². The second-order valence-corrected chi connectivity index (χ2v) is 7.18. The maximum atomic E-state index is 12.4. The molecule has 28 heavy (non-hydrogen) atoms. The van der Waals surface area contributed by atoms with Crippen LogP contribution in [-0.2, 0) is 12.1 Å². The van der Waals surface area contributed by atoms with Gasteiger partial charge < -0.3 is 19.7 Å². The molecule has 6 nitrogen and oxygen atoms in total. The van der Waals surface area contributed by atoms with Crippen LogP contribution in [0.4, 0.5) is 5.69 Å². The monoisotopic (exact) mass is 377 g/mol. The van der Waals surface area contributed by atoms with E-state index in [1.165, 1.54) is 0 Å². The molecule has 1 amide bonds. The highest BCUT2D eigenvalue weighted by Gasteiger charge is 2.38. The Morgan fingerprint density at radius 1 is 1.29 bits per heavy atom. The molecular formula is C22H23N3O3. The second-order valence-electron chi connectivity index (χ2n) is 7.18. The Morgan fingerprint density at radius 2 is 2.14 bits per heavy atom. The summed E-state index contributed by atoms with van der Waals surface area (Å²) in [5, 5.41) is 14.0. The van der Waals surface area contributed by atoms with Gasteiger partial charge in [0.25, 0.3) is 5.91 Å². The van der Waals surface area contributed by atoms with Gasteiger partial charge in [0.2, 0.25) is 0 Å². The molecule has 1 aliphatic rings. The number of aromatic nitrogens is 1. The number of carbonyl (C=O) groups is 1. The Morgan fingerprint density at radius 3 is 2.93 bits per heavy atom. The number of hydrogen-bond donors (Lipinski definition) is 2. The van der Waals surface area contributed by atoms with E-state index in [4.69, 9.17) is 4.42 Å². The second kappa shape index (κ2) is 7.48. The van der Waals surface area contributed by atoms with Crippen molar-refractivity contribution >= 4 is 11.6 Å². The molecule has 3 aromatic rings. The van der Waals surface area contributed by atoms with E-state index < -0.39 is 5.60 Å². The standard InChI is InChI=1S/C22H23N3O3/c1-16-5-2-3-7-19(16)22(27)9-11-25(15-22)17-8-10-23-20(13-17)21(26)24-14-18-6-4-12-28-18/h2-8,10,12-13,27H,9,11,14-15H2,1H3,(H,24,26)/t22-/m1/s1. The summed E-state index contributed by atoms with van der Waals surface area (Å²) in [6, 6.07) is 15.2.